The van der Waals surface area contributed by atoms with Crippen LogP contribution in [0.2, 0.25) is 18.6 Å². The van der Waals surface area contributed by atoms with Crippen molar-refractivity contribution in [1.82, 2.24) is 4.57 Å². The first-order valence-corrected chi connectivity index (χ1v) is 25.1. The van der Waals surface area contributed by atoms with Gasteiger partial charge < -0.3 is 4.57 Å². The lowest BCUT2D eigenvalue weighted by atomic mass is 9.74. The first-order chi connectivity index (χ1) is 34.8. The van der Waals surface area contributed by atoms with E-state index in [1.54, 1.807) is 0 Å². The van der Waals surface area contributed by atoms with Crippen LogP contribution in [0.4, 0.5) is 0 Å². The predicted molar refractivity (Wildman–Crippen MR) is 296 cm³/mol. The molecule has 1 fully saturated rings. The number of rotatable bonds is 2. The number of benzene rings is 1. The fourth-order valence-corrected chi connectivity index (χ4v) is 15.2. The quantitative estimate of drug-likeness (QED) is 0.227. The van der Waals surface area contributed by atoms with Crippen LogP contribution >= 0.6 is 0 Å². The standard InChI is InChI=1S/C70H39NSi/c1-11-13-15-17-19-21-23-25-27-29-31-33-35-37-39-41-43-45-47-51-57-70(58-52-48-46-44-42-40-38-36-34-32-30-28-26-24-22-20-18-16-14-12-2)65-54-50-49-53-62(65)64-60-63-61(59-66(64)70)55-56-67(63)72(9,10)71(68(3,4)5)69(6,7)8/h1-2,49-50,53-54,59-61,63,67H,55-56H2,3-10H3. The van der Waals surface area contributed by atoms with E-state index in [4.69, 9.17) is 12.8 Å². The van der Waals surface area contributed by atoms with Gasteiger partial charge in [-0.3, -0.25) is 0 Å². The average molecular weight is 922 g/mol. The van der Waals surface area contributed by atoms with Crippen LogP contribution in [-0.2, 0) is 5.41 Å². The second kappa shape index (κ2) is 27.7. The molecular formula is C70H39NSi. The summed E-state index contributed by atoms with van der Waals surface area (Å²) in [7, 11) is -2.01. The van der Waals surface area contributed by atoms with Crippen molar-refractivity contribution in [2.75, 3.05) is 0 Å². The van der Waals surface area contributed by atoms with Crippen LogP contribution in [0.3, 0.4) is 0 Å². The highest BCUT2D eigenvalue weighted by Crippen LogP contribution is 2.59. The number of fused-ring (bicyclic) bond motifs is 4. The Morgan fingerprint density at radius 3 is 1.10 bits per heavy atom. The zero-order valence-electron chi connectivity index (χ0n) is 41.2. The van der Waals surface area contributed by atoms with Gasteiger partial charge in [-0.25, -0.2) is 0 Å². The molecule has 1 aromatic carbocycles. The van der Waals surface area contributed by atoms with E-state index in [0.29, 0.717) is 17.4 Å². The van der Waals surface area contributed by atoms with Gasteiger partial charge in [0, 0.05) is 58.4 Å². The van der Waals surface area contributed by atoms with Crippen molar-refractivity contribution in [1.29, 1.82) is 0 Å². The molecule has 1 nitrogen and oxygen atoms in total. The molecule has 1 saturated carbocycles. The SMILES string of the molecule is C#CC#CC#CC#CC#CC#CC#CC#CC#CC#CC#CC1(C#CC#CC#CC#CC#CC#CC#CC#CC#CC#CC#C)C2=CC3CCC([Si](C)(C)N(C(C)(C)C)C(C)(C)C)C3C=C2c2ccccc21. The van der Waals surface area contributed by atoms with E-state index in [0.717, 1.165) is 29.5 Å². The van der Waals surface area contributed by atoms with E-state index < -0.39 is 13.7 Å². The first kappa shape index (κ1) is 53.8. The van der Waals surface area contributed by atoms with Gasteiger partial charge in [-0.05, 0) is 277 Å². The normalized spacial score (nSPS) is 14.0. The van der Waals surface area contributed by atoms with Gasteiger partial charge in [0.25, 0.3) is 0 Å². The van der Waals surface area contributed by atoms with Crippen molar-refractivity contribution < 1.29 is 0 Å². The summed E-state index contributed by atoms with van der Waals surface area (Å²) in [6.45, 7) is 19.3. The number of hydrogen-bond acceptors (Lipinski definition) is 1. The zero-order chi connectivity index (χ0) is 52.0. The molecule has 0 spiro atoms. The molecule has 0 saturated heterocycles. The Hall–Kier alpha value is -10.8. The maximum Gasteiger partial charge on any atom is 0.144 e. The van der Waals surface area contributed by atoms with Gasteiger partial charge >= 0.3 is 0 Å². The van der Waals surface area contributed by atoms with Crippen molar-refractivity contribution >= 4 is 13.8 Å². The Balaban J connectivity index is 1.65. The third-order valence-corrected chi connectivity index (χ3v) is 15.5. The van der Waals surface area contributed by atoms with Gasteiger partial charge in [0.1, 0.15) is 13.7 Å². The number of terminal acetylenes is 2. The highest BCUT2D eigenvalue weighted by molar-refractivity contribution is 6.76. The topological polar surface area (TPSA) is 3.24 Å². The fraction of sp³-hybridized carbons (Fsp3) is 0.229. The maximum atomic E-state index is 5.02. The Labute approximate surface area is 432 Å². The lowest BCUT2D eigenvalue weighted by molar-refractivity contribution is 0.122. The Morgan fingerprint density at radius 1 is 0.444 bits per heavy atom. The number of hydrogen-bond donors (Lipinski definition) is 0. The molecule has 328 valence electrons. The van der Waals surface area contributed by atoms with Crippen molar-refractivity contribution in [2.45, 2.75) is 89.5 Å². The lowest BCUT2D eigenvalue weighted by Crippen LogP contribution is -2.67. The van der Waals surface area contributed by atoms with Crippen LogP contribution in [0.5, 0.6) is 0 Å². The van der Waals surface area contributed by atoms with Crippen LogP contribution in [0, 0.1) is 273 Å². The van der Waals surface area contributed by atoms with Crippen LogP contribution in [0.25, 0.3) is 5.57 Å². The van der Waals surface area contributed by atoms with Gasteiger partial charge in [-0.2, -0.15) is 0 Å². The molecule has 0 radical (unpaired) electrons. The molecule has 72 heavy (non-hydrogen) atoms. The van der Waals surface area contributed by atoms with Gasteiger partial charge in [-0.1, -0.05) is 67.8 Å². The fourth-order valence-electron chi connectivity index (χ4n) is 9.24. The highest BCUT2D eigenvalue weighted by atomic mass is 28.3. The van der Waals surface area contributed by atoms with Gasteiger partial charge in [0.15, 0.2) is 0 Å². The summed E-state index contributed by atoms with van der Waals surface area (Å²) in [6, 6.07) is 8.36. The monoisotopic (exact) mass is 921 g/mol. The van der Waals surface area contributed by atoms with Gasteiger partial charge in [0.05, 0.1) is 0 Å². The van der Waals surface area contributed by atoms with Crippen molar-refractivity contribution in [3.63, 3.8) is 0 Å². The summed E-state index contributed by atoms with van der Waals surface area (Å²) in [5, 5.41) is 0. The Bertz CT molecular complexity index is 3770. The van der Waals surface area contributed by atoms with E-state index in [-0.39, 0.29) is 11.1 Å². The summed E-state index contributed by atoms with van der Waals surface area (Å²) >= 11 is 0. The largest absolute Gasteiger partial charge is 0.314 e. The molecule has 1 aromatic rings. The first-order valence-electron chi connectivity index (χ1n) is 22.1. The summed E-state index contributed by atoms with van der Waals surface area (Å²) in [5.41, 5.74) is 3.95. The molecule has 0 amide bonds. The van der Waals surface area contributed by atoms with Crippen LogP contribution in [0.15, 0.2) is 42.0 Å². The molecule has 0 N–H and O–H groups in total. The number of nitrogens with zero attached hydrogens (tertiary/aromatic N) is 1. The van der Waals surface area contributed by atoms with E-state index in [1.165, 1.54) is 5.57 Å². The van der Waals surface area contributed by atoms with Crippen molar-refractivity contribution in [3.8, 4) is 262 Å². The second-order valence-corrected chi connectivity index (χ2v) is 22.0. The van der Waals surface area contributed by atoms with Crippen molar-refractivity contribution in [2.24, 2.45) is 11.8 Å². The van der Waals surface area contributed by atoms with Crippen LogP contribution in [-0.4, -0.2) is 23.9 Å². The van der Waals surface area contributed by atoms with Gasteiger partial charge in [0.2, 0.25) is 0 Å². The Kier molecular flexibility index (Phi) is 20.7. The maximum absolute atomic E-state index is 5.02. The Morgan fingerprint density at radius 2 is 0.764 bits per heavy atom. The third kappa shape index (κ3) is 16.2. The molecule has 0 bridgehead atoms. The third-order valence-electron chi connectivity index (χ3n) is 10.5. The summed E-state index contributed by atoms with van der Waals surface area (Å²) in [6.07, 6.45) is 17.3. The summed E-state index contributed by atoms with van der Waals surface area (Å²) < 4.78 is 2.85. The number of allylic oxidation sites excluding steroid dienone is 4. The van der Waals surface area contributed by atoms with E-state index >= 15 is 0 Å². The average Bonchev–Trinajstić information content (AvgIpc) is 3.88. The van der Waals surface area contributed by atoms with Crippen LogP contribution in [0.1, 0.15) is 65.5 Å². The minimum Gasteiger partial charge on any atom is -0.314 e. The molecular weight excluding hydrogens is 883 g/mol. The second-order valence-electron chi connectivity index (χ2n) is 17.5. The van der Waals surface area contributed by atoms with Crippen molar-refractivity contribution in [3.05, 3.63) is 53.1 Å². The highest BCUT2D eigenvalue weighted by Gasteiger charge is 2.55. The minimum absolute atomic E-state index is 0.0196. The van der Waals surface area contributed by atoms with Crippen LogP contribution < -0.4 is 0 Å². The van der Waals surface area contributed by atoms with E-state index in [9.17, 15) is 0 Å². The minimum atomic E-state index is -2.01. The molecule has 0 aromatic heterocycles. The molecule has 4 rings (SSSR count). The molecule has 3 unspecified atom stereocenters. The van der Waals surface area contributed by atoms with E-state index in [1.807, 2.05) is 6.07 Å². The molecule has 3 aliphatic carbocycles. The molecule has 0 heterocycles. The predicted octanol–water partition coefficient (Wildman–Crippen LogP) is 7.10. The summed E-state index contributed by atoms with van der Waals surface area (Å²) in [4.78, 5) is 0. The zero-order valence-corrected chi connectivity index (χ0v) is 42.2. The molecule has 2 heteroatoms. The lowest BCUT2D eigenvalue weighted by Gasteiger charge is -2.57. The molecule has 0 aliphatic heterocycles. The molecule has 3 atom stereocenters. The summed E-state index contributed by atoms with van der Waals surface area (Å²) in [5.74, 6) is 111. The molecule has 3 aliphatic rings. The smallest absolute Gasteiger partial charge is 0.144 e. The van der Waals surface area contributed by atoms with Gasteiger partial charge in [-0.15, -0.1) is 12.8 Å². The van der Waals surface area contributed by atoms with E-state index in [2.05, 4.69) is 338 Å².